The maximum Gasteiger partial charge on any atom is 0.246 e. The average molecular weight is 320 g/mol. The lowest BCUT2D eigenvalue weighted by Gasteiger charge is -2.32. The lowest BCUT2D eigenvalue weighted by Crippen LogP contribution is -2.43. The summed E-state index contributed by atoms with van der Waals surface area (Å²) >= 11 is 1.62. The highest BCUT2D eigenvalue weighted by molar-refractivity contribution is 7.08. The highest BCUT2D eigenvalue weighted by Gasteiger charge is 2.22. The standard InChI is InChI=1S/C17H24N2O2S/c1-2-4-16(20)18-11-15-5-3-9-19(12-15)17(21)7-6-14-8-10-22-13-14/h6-8,10,13,15H,2-5,9,11-12H2,1H3,(H,18,20). The fourth-order valence-electron chi connectivity index (χ4n) is 2.65. The van der Waals surface area contributed by atoms with Crippen LogP contribution >= 0.6 is 11.3 Å². The molecule has 0 spiro atoms. The molecule has 1 aromatic heterocycles. The number of thiophene rings is 1. The molecule has 1 N–H and O–H groups in total. The first-order valence-electron chi connectivity index (χ1n) is 7.95. The van der Waals surface area contributed by atoms with Gasteiger partial charge in [-0.05, 0) is 53.6 Å². The molecule has 0 radical (unpaired) electrons. The van der Waals surface area contributed by atoms with Gasteiger partial charge < -0.3 is 10.2 Å². The molecular weight excluding hydrogens is 296 g/mol. The fourth-order valence-corrected chi connectivity index (χ4v) is 3.28. The molecule has 1 unspecified atom stereocenters. The summed E-state index contributed by atoms with van der Waals surface area (Å²) in [6, 6.07) is 2.00. The van der Waals surface area contributed by atoms with E-state index in [1.165, 1.54) is 0 Å². The Morgan fingerprint density at radius 3 is 3.09 bits per heavy atom. The second-order valence-corrected chi connectivity index (χ2v) is 6.52. The van der Waals surface area contributed by atoms with Crippen molar-refractivity contribution in [2.75, 3.05) is 19.6 Å². The molecule has 0 aliphatic carbocycles. The van der Waals surface area contributed by atoms with Crippen molar-refractivity contribution in [2.24, 2.45) is 5.92 Å². The van der Waals surface area contributed by atoms with E-state index in [1.54, 1.807) is 17.4 Å². The second kappa shape index (κ2) is 8.73. The van der Waals surface area contributed by atoms with E-state index in [4.69, 9.17) is 0 Å². The Kier molecular flexibility index (Phi) is 6.65. The van der Waals surface area contributed by atoms with Gasteiger partial charge in [0.15, 0.2) is 0 Å². The van der Waals surface area contributed by atoms with Crippen LogP contribution in [0.4, 0.5) is 0 Å². The van der Waals surface area contributed by atoms with E-state index in [2.05, 4.69) is 5.32 Å². The maximum absolute atomic E-state index is 12.2. The Balaban J connectivity index is 1.79. The zero-order chi connectivity index (χ0) is 15.8. The molecule has 5 heteroatoms. The molecule has 1 aliphatic rings. The molecule has 2 rings (SSSR count). The molecule has 0 aromatic carbocycles. The van der Waals surface area contributed by atoms with Gasteiger partial charge in [-0.25, -0.2) is 0 Å². The average Bonchev–Trinajstić information content (AvgIpc) is 3.04. The maximum atomic E-state index is 12.2. The van der Waals surface area contributed by atoms with Gasteiger partial charge in [0.2, 0.25) is 11.8 Å². The minimum Gasteiger partial charge on any atom is -0.356 e. The number of likely N-dealkylation sites (tertiary alicyclic amines) is 1. The molecule has 1 saturated heterocycles. The minimum absolute atomic E-state index is 0.0655. The molecule has 1 aliphatic heterocycles. The van der Waals surface area contributed by atoms with Crippen molar-refractivity contribution in [1.29, 1.82) is 0 Å². The Morgan fingerprint density at radius 2 is 2.36 bits per heavy atom. The van der Waals surface area contributed by atoms with Gasteiger partial charge in [-0.3, -0.25) is 9.59 Å². The van der Waals surface area contributed by atoms with E-state index < -0.39 is 0 Å². The Hall–Kier alpha value is -1.62. The van der Waals surface area contributed by atoms with Gasteiger partial charge in [0.05, 0.1) is 0 Å². The summed E-state index contributed by atoms with van der Waals surface area (Å²) in [5, 5.41) is 6.99. The van der Waals surface area contributed by atoms with Gasteiger partial charge in [-0.2, -0.15) is 11.3 Å². The highest BCUT2D eigenvalue weighted by atomic mass is 32.1. The molecule has 2 amide bonds. The topological polar surface area (TPSA) is 49.4 Å². The van der Waals surface area contributed by atoms with E-state index in [0.29, 0.717) is 18.9 Å². The third kappa shape index (κ3) is 5.30. The van der Waals surface area contributed by atoms with Crippen molar-refractivity contribution < 1.29 is 9.59 Å². The van der Waals surface area contributed by atoms with Gasteiger partial charge >= 0.3 is 0 Å². The van der Waals surface area contributed by atoms with Gasteiger partial charge in [0.25, 0.3) is 0 Å². The third-order valence-electron chi connectivity index (χ3n) is 3.86. The summed E-state index contributed by atoms with van der Waals surface area (Å²) in [4.78, 5) is 25.7. The Morgan fingerprint density at radius 1 is 1.50 bits per heavy atom. The Bertz CT molecular complexity index is 511. The molecule has 1 aromatic rings. The van der Waals surface area contributed by atoms with Crippen molar-refractivity contribution in [3.05, 3.63) is 28.5 Å². The molecule has 1 fully saturated rings. The number of nitrogens with one attached hydrogen (secondary N) is 1. The number of carbonyl (C=O) groups is 2. The van der Waals surface area contributed by atoms with Crippen LogP contribution in [0.2, 0.25) is 0 Å². The van der Waals surface area contributed by atoms with Gasteiger partial charge in [-0.15, -0.1) is 0 Å². The van der Waals surface area contributed by atoms with Crippen LogP contribution in [-0.2, 0) is 9.59 Å². The lowest BCUT2D eigenvalue weighted by atomic mass is 9.97. The summed E-state index contributed by atoms with van der Waals surface area (Å²) < 4.78 is 0. The minimum atomic E-state index is 0.0655. The van der Waals surface area contributed by atoms with Crippen molar-refractivity contribution in [2.45, 2.75) is 32.6 Å². The van der Waals surface area contributed by atoms with Crippen LogP contribution < -0.4 is 5.32 Å². The van der Waals surface area contributed by atoms with Crippen LogP contribution in [0.25, 0.3) is 6.08 Å². The van der Waals surface area contributed by atoms with Gasteiger partial charge in [0, 0.05) is 32.1 Å². The van der Waals surface area contributed by atoms with E-state index in [9.17, 15) is 9.59 Å². The van der Waals surface area contributed by atoms with E-state index in [0.717, 1.165) is 37.9 Å². The molecule has 120 valence electrons. The number of nitrogens with zero attached hydrogens (tertiary/aromatic N) is 1. The van der Waals surface area contributed by atoms with Gasteiger partial charge in [0.1, 0.15) is 0 Å². The number of hydrogen-bond donors (Lipinski definition) is 1. The largest absolute Gasteiger partial charge is 0.356 e. The van der Waals surface area contributed by atoms with Crippen LogP contribution in [0, 0.1) is 5.92 Å². The Labute approximate surface area is 136 Å². The monoisotopic (exact) mass is 320 g/mol. The summed E-state index contributed by atoms with van der Waals surface area (Å²) in [7, 11) is 0. The van der Waals surface area contributed by atoms with E-state index in [1.807, 2.05) is 34.7 Å². The molecule has 22 heavy (non-hydrogen) atoms. The summed E-state index contributed by atoms with van der Waals surface area (Å²) in [5.74, 6) is 0.548. The smallest absolute Gasteiger partial charge is 0.246 e. The normalized spacial score (nSPS) is 18.6. The first kappa shape index (κ1) is 16.7. The van der Waals surface area contributed by atoms with Crippen LogP contribution in [0.3, 0.4) is 0 Å². The van der Waals surface area contributed by atoms with Crippen molar-refractivity contribution in [3.8, 4) is 0 Å². The summed E-state index contributed by atoms with van der Waals surface area (Å²) in [5.41, 5.74) is 1.07. The number of carbonyl (C=O) groups excluding carboxylic acids is 2. The molecule has 1 atom stereocenters. The van der Waals surface area contributed by atoms with Crippen molar-refractivity contribution in [1.82, 2.24) is 10.2 Å². The summed E-state index contributed by atoms with van der Waals surface area (Å²) in [6.45, 7) is 4.22. The van der Waals surface area contributed by atoms with E-state index in [-0.39, 0.29) is 11.8 Å². The molecule has 0 saturated carbocycles. The van der Waals surface area contributed by atoms with Crippen LogP contribution in [0.5, 0.6) is 0 Å². The van der Waals surface area contributed by atoms with E-state index >= 15 is 0 Å². The lowest BCUT2D eigenvalue weighted by molar-refractivity contribution is -0.127. The SMILES string of the molecule is CCCC(=O)NCC1CCCN(C(=O)C=Cc2ccsc2)C1. The summed E-state index contributed by atoms with van der Waals surface area (Å²) in [6.07, 6.45) is 7.05. The first-order valence-corrected chi connectivity index (χ1v) is 8.89. The predicted octanol–water partition coefficient (Wildman–Crippen LogP) is 2.92. The molecule has 4 nitrogen and oxygen atoms in total. The quantitative estimate of drug-likeness (QED) is 0.819. The first-order chi connectivity index (χ1) is 10.7. The number of rotatable bonds is 6. The fraction of sp³-hybridized carbons (Fsp3) is 0.529. The van der Waals surface area contributed by atoms with Crippen LogP contribution in [0.1, 0.15) is 38.2 Å². The third-order valence-corrected chi connectivity index (χ3v) is 4.56. The molecular formula is C17H24N2O2S. The molecule has 0 bridgehead atoms. The number of hydrogen-bond acceptors (Lipinski definition) is 3. The van der Waals surface area contributed by atoms with Crippen LogP contribution in [-0.4, -0.2) is 36.3 Å². The second-order valence-electron chi connectivity index (χ2n) is 5.74. The predicted molar refractivity (Wildman–Crippen MR) is 90.6 cm³/mol. The number of piperidine rings is 1. The highest BCUT2D eigenvalue weighted by Crippen LogP contribution is 2.17. The number of amides is 2. The van der Waals surface area contributed by atoms with Crippen molar-refractivity contribution in [3.63, 3.8) is 0 Å². The van der Waals surface area contributed by atoms with Crippen LogP contribution in [0.15, 0.2) is 22.9 Å². The zero-order valence-electron chi connectivity index (χ0n) is 13.1. The molecule has 2 heterocycles. The van der Waals surface area contributed by atoms with Crippen molar-refractivity contribution >= 4 is 29.2 Å². The van der Waals surface area contributed by atoms with Gasteiger partial charge in [-0.1, -0.05) is 6.92 Å². The zero-order valence-corrected chi connectivity index (χ0v) is 13.9.